The number of hydrogen-bond acceptors (Lipinski definition) is 5. The fourth-order valence-corrected chi connectivity index (χ4v) is 4.49. The summed E-state index contributed by atoms with van der Waals surface area (Å²) in [5, 5.41) is 7.75. The van der Waals surface area contributed by atoms with Gasteiger partial charge in [-0.25, -0.2) is 4.98 Å². The van der Waals surface area contributed by atoms with Gasteiger partial charge in [0.15, 0.2) is 5.16 Å². The van der Waals surface area contributed by atoms with Gasteiger partial charge < -0.3 is 5.32 Å². The summed E-state index contributed by atoms with van der Waals surface area (Å²) in [4.78, 5) is 30.2. The number of amides is 1. The maximum Gasteiger partial charge on any atom is 0.262 e. The average Bonchev–Trinajstić information content (AvgIpc) is 3.14. The molecule has 0 fully saturated rings. The van der Waals surface area contributed by atoms with Gasteiger partial charge in [0, 0.05) is 12.7 Å². The van der Waals surface area contributed by atoms with Gasteiger partial charge >= 0.3 is 0 Å². The van der Waals surface area contributed by atoms with Gasteiger partial charge in [0.05, 0.1) is 10.6 Å². The van der Waals surface area contributed by atoms with Crippen molar-refractivity contribution in [1.82, 2.24) is 9.55 Å². The van der Waals surface area contributed by atoms with Crippen LogP contribution >= 0.6 is 23.1 Å². The number of nitrogens with zero attached hydrogens (tertiary/aromatic N) is 2. The van der Waals surface area contributed by atoms with Crippen molar-refractivity contribution in [3.05, 3.63) is 64.3 Å². The lowest BCUT2D eigenvalue weighted by atomic mass is 10.1. The van der Waals surface area contributed by atoms with E-state index in [1.165, 1.54) is 27.7 Å². The van der Waals surface area contributed by atoms with Gasteiger partial charge in [0.25, 0.3) is 5.56 Å². The van der Waals surface area contributed by atoms with E-state index in [-0.39, 0.29) is 11.5 Å². The van der Waals surface area contributed by atoms with Crippen LogP contribution in [0.25, 0.3) is 21.0 Å². The highest BCUT2D eigenvalue weighted by molar-refractivity contribution is 8.00. The quantitative estimate of drug-likeness (QED) is 0.414. The normalized spacial score (nSPS) is 12.4. The first-order valence-electron chi connectivity index (χ1n) is 8.43. The Hall–Kier alpha value is -2.64. The number of rotatable bonds is 4. The van der Waals surface area contributed by atoms with E-state index >= 15 is 0 Å². The first kappa shape index (κ1) is 17.8. The summed E-state index contributed by atoms with van der Waals surface area (Å²) in [7, 11) is 1.68. The topological polar surface area (TPSA) is 64.0 Å². The number of anilines is 1. The van der Waals surface area contributed by atoms with Crippen LogP contribution < -0.4 is 10.9 Å². The standard InChI is InChI=1S/C20H17N3O2S2/c1-12(27-20-22-18-16(9-10-26-18)19(25)23(20)2)17(24)21-15-8-7-13-5-3-4-6-14(13)11-15/h3-12H,1-2H3,(H,21,24). The number of carbonyl (C=O) groups excluding carboxylic acids is 1. The maximum atomic E-state index is 12.6. The highest BCUT2D eigenvalue weighted by Gasteiger charge is 2.19. The van der Waals surface area contributed by atoms with Crippen molar-refractivity contribution in [1.29, 1.82) is 0 Å². The van der Waals surface area contributed by atoms with Crippen molar-refractivity contribution >= 4 is 55.7 Å². The second-order valence-corrected chi connectivity index (χ2v) is 8.41. The van der Waals surface area contributed by atoms with Crippen LogP contribution in [0.1, 0.15) is 6.92 Å². The summed E-state index contributed by atoms with van der Waals surface area (Å²) in [5.74, 6) is -0.129. The minimum atomic E-state index is -0.396. The molecule has 1 unspecified atom stereocenters. The van der Waals surface area contributed by atoms with Crippen molar-refractivity contribution < 1.29 is 4.79 Å². The lowest BCUT2D eigenvalue weighted by Gasteiger charge is -2.14. The predicted molar refractivity (Wildman–Crippen MR) is 113 cm³/mol. The Labute approximate surface area is 164 Å². The smallest absolute Gasteiger partial charge is 0.262 e. The Kier molecular flexibility index (Phi) is 4.72. The van der Waals surface area contributed by atoms with E-state index in [4.69, 9.17) is 0 Å². The van der Waals surface area contributed by atoms with Crippen molar-refractivity contribution in [2.75, 3.05) is 5.32 Å². The Morgan fingerprint density at radius 1 is 1.19 bits per heavy atom. The minimum absolute atomic E-state index is 0.0918. The molecular formula is C20H17N3O2S2. The maximum absolute atomic E-state index is 12.6. The van der Waals surface area contributed by atoms with E-state index in [1.807, 2.05) is 54.8 Å². The Bertz CT molecular complexity index is 1210. The molecule has 1 atom stereocenters. The van der Waals surface area contributed by atoms with Gasteiger partial charge in [0.1, 0.15) is 4.83 Å². The van der Waals surface area contributed by atoms with Gasteiger partial charge in [0.2, 0.25) is 5.91 Å². The van der Waals surface area contributed by atoms with E-state index in [0.717, 1.165) is 16.5 Å². The van der Waals surface area contributed by atoms with Gasteiger partial charge in [-0.1, -0.05) is 42.1 Å². The summed E-state index contributed by atoms with van der Waals surface area (Å²) in [6.45, 7) is 1.81. The summed E-state index contributed by atoms with van der Waals surface area (Å²) in [6, 6.07) is 15.6. The van der Waals surface area contributed by atoms with E-state index in [9.17, 15) is 9.59 Å². The molecule has 2 aromatic heterocycles. The van der Waals surface area contributed by atoms with Crippen LogP contribution in [0.5, 0.6) is 0 Å². The van der Waals surface area contributed by atoms with Crippen molar-refractivity contribution in [2.24, 2.45) is 7.05 Å². The fourth-order valence-electron chi connectivity index (χ4n) is 2.81. The van der Waals surface area contributed by atoms with E-state index in [2.05, 4.69) is 10.3 Å². The molecule has 5 nitrogen and oxygen atoms in total. The molecule has 1 amide bonds. The molecule has 4 aromatic rings. The van der Waals surface area contributed by atoms with Gasteiger partial charge in [-0.15, -0.1) is 11.3 Å². The van der Waals surface area contributed by atoms with Crippen molar-refractivity contribution in [2.45, 2.75) is 17.3 Å². The molecule has 136 valence electrons. The zero-order valence-electron chi connectivity index (χ0n) is 14.8. The molecule has 4 rings (SSSR count). The zero-order valence-corrected chi connectivity index (χ0v) is 16.4. The number of thioether (sulfide) groups is 1. The summed E-state index contributed by atoms with van der Waals surface area (Å²) in [5.41, 5.74) is 0.660. The van der Waals surface area contributed by atoms with Crippen LogP contribution in [0.2, 0.25) is 0 Å². The lowest BCUT2D eigenvalue weighted by molar-refractivity contribution is -0.115. The number of hydrogen-bond donors (Lipinski definition) is 1. The summed E-state index contributed by atoms with van der Waals surface area (Å²) < 4.78 is 1.50. The fraction of sp³-hybridized carbons (Fsp3) is 0.150. The second-order valence-electron chi connectivity index (χ2n) is 6.21. The molecule has 0 spiro atoms. The van der Waals surface area contributed by atoms with Gasteiger partial charge in [-0.2, -0.15) is 0 Å². The second kappa shape index (κ2) is 7.17. The van der Waals surface area contributed by atoms with E-state index in [1.54, 1.807) is 13.1 Å². The number of nitrogens with one attached hydrogen (secondary N) is 1. The largest absolute Gasteiger partial charge is 0.325 e. The number of fused-ring (bicyclic) bond motifs is 2. The summed E-state index contributed by atoms with van der Waals surface area (Å²) >= 11 is 2.71. The molecule has 0 bridgehead atoms. The molecule has 2 heterocycles. The molecule has 7 heteroatoms. The van der Waals surface area contributed by atoms with Crippen LogP contribution in [-0.2, 0) is 11.8 Å². The highest BCUT2D eigenvalue weighted by atomic mass is 32.2. The molecule has 0 saturated heterocycles. The van der Waals surface area contributed by atoms with E-state index in [0.29, 0.717) is 15.4 Å². The van der Waals surface area contributed by atoms with Crippen LogP contribution in [0.4, 0.5) is 5.69 Å². The molecular weight excluding hydrogens is 378 g/mol. The van der Waals surface area contributed by atoms with Crippen LogP contribution in [0, 0.1) is 0 Å². The molecule has 2 aromatic carbocycles. The molecule has 0 radical (unpaired) electrons. The third kappa shape index (κ3) is 3.48. The van der Waals surface area contributed by atoms with Gasteiger partial charge in [-0.05, 0) is 41.3 Å². The SMILES string of the molecule is CC(Sc1nc2sccc2c(=O)n1C)C(=O)Nc1ccc2ccccc2c1. The van der Waals surface area contributed by atoms with Crippen LogP contribution in [0.3, 0.4) is 0 Å². The predicted octanol–water partition coefficient (Wildman–Crippen LogP) is 4.27. The molecule has 0 saturated carbocycles. The summed E-state index contributed by atoms with van der Waals surface area (Å²) in [6.07, 6.45) is 0. The molecule has 0 aliphatic rings. The third-order valence-corrected chi connectivity index (χ3v) is 6.28. The van der Waals surface area contributed by atoms with Crippen molar-refractivity contribution in [3.8, 4) is 0 Å². The number of carbonyl (C=O) groups is 1. The minimum Gasteiger partial charge on any atom is -0.325 e. The highest BCUT2D eigenvalue weighted by Crippen LogP contribution is 2.25. The van der Waals surface area contributed by atoms with Crippen LogP contribution in [0.15, 0.2) is 63.9 Å². The van der Waals surface area contributed by atoms with Gasteiger partial charge in [-0.3, -0.25) is 14.2 Å². The molecule has 27 heavy (non-hydrogen) atoms. The average molecular weight is 396 g/mol. The monoisotopic (exact) mass is 395 g/mol. The molecule has 0 aliphatic heterocycles. The number of aromatic nitrogens is 2. The Morgan fingerprint density at radius 3 is 2.78 bits per heavy atom. The first-order chi connectivity index (χ1) is 13.0. The number of benzene rings is 2. The number of thiophene rings is 1. The molecule has 1 N–H and O–H groups in total. The molecule has 0 aliphatic carbocycles. The third-order valence-electron chi connectivity index (χ3n) is 4.33. The van der Waals surface area contributed by atoms with Crippen LogP contribution in [-0.4, -0.2) is 20.7 Å². The Balaban J connectivity index is 1.53. The lowest BCUT2D eigenvalue weighted by Crippen LogP contribution is -2.25. The van der Waals surface area contributed by atoms with Crippen molar-refractivity contribution in [3.63, 3.8) is 0 Å². The zero-order chi connectivity index (χ0) is 19.0. The Morgan fingerprint density at radius 2 is 1.96 bits per heavy atom. The first-order valence-corrected chi connectivity index (χ1v) is 10.2. The van der Waals surface area contributed by atoms with E-state index < -0.39 is 5.25 Å².